The van der Waals surface area contributed by atoms with E-state index in [9.17, 15) is 29.6 Å². The van der Waals surface area contributed by atoms with Crippen LogP contribution >= 0.6 is 0 Å². The van der Waals surface area contributed by atoms with Gasteiger partial charge in [-0.05, 0) is 48.9 Å². The Hall–Kier alpha value is -5.24. The molecule has 1 atom stereocenters. The number of aliphatic carboxylic acids is 1. The molecule has 1 saturated heterocycles. The number of hydrogen-bond donors (Lipinski definition) is 2. The number of carboxylic acid groups (broad SMARTS) is 1. The maximum absolute atomic E-state index is 13.0. The van der Waals surface area contributed by atoms with E-state index in [2.05, 4.69) is 5.32 Å². The van der Waals surface area contributed by atoms with Gasteiger partial charge in [-0.3, -0.25) is 24.5 Å². The van der Waals surface area contributed by atoms with Crippen LogP contribution in [0.15, 0.2) is 66.7 Å². The first-order valence-electron chi connectivity index (χ1n) is 12.6. The monoisotopic (exact) mass is 541 g/mol. The number of carboxylic acids is 1. The smallest absolute Gasteiger partial charge is 0.305 e. The molecule has 4 rings (SSSR count). The summed E-state index contributed by atoms with van der Waals surface area (Å²) in [6.07, 6.45) is -0.347. The van der Waals surface area contributed by atoms with Crippen molar-refractivity contribution >= 4 is 29.2 Å². The van der Waals surface area contributed by atoms with Crippen molar-refractivity contribution < 1.29 is 24.4 Å². The van der Waals surface area contributed by atoms with Crippen LogP contribution in [0.4, 0.5) is 11.4 Å². The number of piperazine rings is 1. The molecule has 40 heavy (non-hydrogen) atoms. The average molecular weight is 542 g/mol. The van der Waals surface area contributed by atoms with Gasteiger partial charge in [0.25, 0.3) is 17.5 Å². The van der Waals surface area contributed by atoms with Crippen molar-refractivity contribution in [3.05, 3.63) is 105 Å². The number of aryl methyl sites for hydroxylation is 1. The molecule has 3 aromatic rings. The summed E-state index contributed by atoms with van der Waals surface area (Å²) in [5.41, 5.74) is 2.61. The fourth-order valence-electron chi connectivity index (χ4n) is 4.57. The number of benzene rings is 3. The summed E-state index contributed by atoms with van der Waals surface area (Å²) in [6.45, 7) is 3.27. The highest BCUT2D eigenvalue weighted by molar-refractivity contribution is 5.96. The predicted octanol–water partition coefficient (Wildman–Crippen LogP) is 3.68. The second-order valence-electron chi connectivity index (χ2n) is 9.46. The summed E-state index contributed by atoms with van der Waals surface area (Å²) >= 11 is 0. The van der Waals surface area contributed by atoms with Gasteiger partial charge < -0.3 is 20.2 Å². The van der Waals surface area contributed by atoms with Crippen molar-refractivity contribution in [3.8, 4) is 6.07 Å². The van der Waals surface area contributed by atoms with E-state index in [4.69, 9.17) is 5.26 Å². The van der Waals surface area contributed by atoms with Gasteiger partial charge in [0.2, 0.25) is 0 Å². The highest BCUT2D eigenvalue weighted by atomic mass is 16.6. The Morgan fingerprint density at radius 3 is 2.20 bits per heavy atom. The van der Waals surface area contributed by atoms with E-state index in [0.29, 0.717) is 48.6 Å². The number of carbonyl (C=O) groups excluding carboxylic acids is 2. The second kappa shape index (κ2) is 12.1. The van der Waals surface area contributed by atoms with E-state index in [1.54, 1.807) is 46.2 Å². The van der Waals surface area contributed by atoms with E-state index in [1.165, 1.54) is 18.2 Å². The number of amides is 2. The lowest BCUT2D eigenvalue weighted by Crippen LogP contribution is -2.49. The molecular formula is C29H27N5O6. The first-order chi connectivity index (χ1) is 19.2. The van der Waals surface area contributed by atoms with E-state index >= 15 is 0 Å². The van der Waals surface area contributed by atoms with Crippen LogP contribution in [0.25, 0.3) is 0 Å². The number of anilines is 1. The zero-order valence-corrected chi connectivity index (χ0v) is 21.7. The second-order valence-corrected chi connectivity index (χ2v) is 9.46. The molecule has 1 unspecified atom stereocenters. The molecule has 1 heterocycles. The fraction of sp³-hybridized carbons (Fsp3) is 0.241. The van der Waals surface area contributed by atoms with Crippen molar-refractivity contribution in [1.82, 2.24) is 10.2 Å². The van der Waals surface area contributed by atoms with E-state index in [-0.39, 0.29) is 23.6 Å². The summed E-state index contributed by atoms with van der Waals surface area (Å²) < 4.78 is 0. The maximum atomic E-state index is 13.0. The molecule has 3 aromatic carbocycles. The number of nitriles is 1. The minimum Gasteiger partial charge on any atom is -0.481 e. The third kappa shape index (κ3) is 6.42. The molecule has 0 spiro atoms. The highest BCUT2D eigenvalue weighted by Crippen LogP contribution is 2.31. The molecule has 0 aromatic heterocycles. The minimum absolute atomic E-state index is 0.0348. The Labute approximate surface area is 230 Å². The number of nitrogens with one attached hydrogen (secondary N) is 1. The van der Waals surface area contributed by atoms with Crippen molar-refractivity contribution in [2.75, 3.05) is 31.1 Å². The van der Waals surface area contributed by atoms with Crippen LogP contribution < -0.4 is 10.2 Å². The van der Waals surface area contributed by atoms with Gasteiger partial charge in [0, 0.05) is 43.4 Å². The summed E-state index contributed by atoms with van der Waals surface area (Å²) in [7, 11) is 0. The lowest BCUT2D eigenvalue weighted by Gasteiger charge is -2.36. The average Bonchev–Trinajstić information content (AvgIpc) is 2.96. The first kappa shape index (κ1) is 27.8. The van der Waals surface area contributed by atoms with Gasteiger partial charge in [0.05, 0.1) is 29.0 Å². The third-order valence-electron chi connectivity index (χ3n) is 6.77. The Bertz CT molecular complexity index is 1470. The molecular weight excluding hydrogens is 514 g/mol. The molecule has 11 heteroatoms. The summed E-state index contributed by atoms with van der Waals surface area (Å²) in [4.78, 5) is 52.1. The predicted molar refractivity (Wildman–Crippen MR) is 146 cm³/mol. The van der Waals surface area contributed by atoms with Gasteiger partial charge in [-0.25, -0.2) is 0 Å². The Balaban J connectivity index is 1.47. The standard InChI is InChI=1S/C29H27N5O6/c1-19-2-6-21(7-3-19)24(17-27(35)36)31-28(37)23-10-11-25(26(16-23)34(39)40)32-12-14-33(15-13-32)29(38)22-8-4-20(18-30)5-9-22/h2-11,16,24H,12-15,17H2,1H3,(H,31,37)(H,35,36). The number of carbonyl (C=O) groups is 3. The van der Waals surface area contributed by atoms with Crippen molar-refractivity contribution in [1.29, 1.82) is 5.26 Å². The van der Waals surface area contributed by atoms with Gasteiger partial charge in [-0.2, -0.15) is 5.26 Å². The van der Waals surface area contributed by atoms with Crippen LogP contribution in [0.1, 0.15) is 49.9 Å². The SMILES string of the molecule is Cc1ccc(C(CC(=O)O)NC(=O)c2ccc(N3CCN(C(=O)c4ccc(C#N)cc4)CC3)c([N+](=O)[O-])c2)cc1. The van der Waals surface area contributed by atoms with Crippen LogP contribution in [-0.4, -0.2) is 58.9 Å². The molecule has 0 saturated carbocycles. The van der Waals surface area contributed by atoms with Crippen molar-refractivity contribution in [2.45, 2.75) is 19.4 Å². The summed E-state index contributed by atoms with van der Waals surface area (Å²) in [6, 6.07) is 18.8. The van der Waals surface area contributed by atoms with Crippen LogP contribution in [0.3, 0.4) is 0 Å². The molecule has 1 aliphatic heterocycles. The Morgan fingerprint density at radius 1 is 1.00 bits per heavy atom. The van der Waals surface area contributed by atoms with E-state index < -0.39 is 22.8 Å². The van der Waals surface area contributed by atoms with Gasteiger partial charge >= 0.3 is 5.97 Å². The van der Waals surface area contributed by atoms with Crippen molar-refractivity contribution in [2.24, 2.45) is 0 Å². The lowest BCUT2D eigenvalue weighted by atomic mass is 10.0. The molecule has 11 nitrogen and oxygen atoms in total. The molecule has 2 amide bonds. The Kier molecular flexibility index (Phi) is 8.39. The zero-order chi connectivity index (χ0) is 28.8. The van der Waals surface area contributed by atoms with Gasteiger partial charge in [-0.1, -0.05) is 29.8 Å². The quantitative estimate of drug-likeness (QED) is 0.323. The molecule has 0 radical (unpaired) electrons. The van der Waals surface area contributed by atoms with Gasteiger partial charge in [-0.15, -0.1) is 0 Å². The number of rotatable bonds is 8. The minimum atomic E-state index is -1.09. The highest BCUT2D eigenvalue weighted by Gasteiger charge is 2.28. The Morgan fingerprint density at radius 2 is 1.62 bits per heavy atom. The van der Waals surface area contributed by atoms with Crippen LogP contribution in [0.5, 0.6) is 0 Å². The lowest BCUT2D eigenvalue weighted by molar-refractivity contribution is -0.384. The largest absolute Gasteiger partial charge is 0.481 e. The number of nitro benzene ring substituents is 1. The first-order valence-corrected chi connectivity index (χ1v) is 12.6. The zero-order valence-electron chi connectivity index (χ0n) is 21.7. The molecule has 1 aliphatic rings. The summed E-state index contributed by atoms with van der Waals surface area (Å²) in [5.74, 6) is -1.90. The molecule has 2 N–H and O–H groups in total. The third-order valence-corrected chi connectivity index (χ3v) is 6.77. The number of hydrogen-bond acceptors (Lipinski definition) is 7. The van der Waals surface area contributed by atoms with Crippen LogP contribution in [0, 0.1) is 28.4 Å². The van der Waals surface area contributed by atoms with Gasteiger partial charge in [0.1, 0.15) is 5.69 Å². The number of nitro groups is 1. The molecule has 204 valence electrons. The normalized spacial score (nSPS) is 13.7. The number of nitrogens with zero attached hydrogens (tertiary/aromatic N) is 4. The van der Waals surface area contributed by atoms with Crippen LogP contribution in [-0.2, 0) is 4.79 Å². The molecule has 0 bridgehead atoms. The maximum Gasteiger partial charge on any atom is 0.305 e. The van der Waals surface area contributed by atoms with Crippen molar-refractivity contribution in [3.63, 3.8) is 0 Å². The molecule has 1 fully saturated rings. The molecule has 0 aliphatic carbocycles. The summed E-state index contributed by atoms with van der Waals surface area (Å²) in [5, 5.41) is 32.9. The van der Waals surface area contributed by atoms with E-state index in [0.717, 1.165) is 5.56 Å². The topological polar surface area (TPSA) is 157 Å². The fourth-order valence-corrected chi connectivity index (χ4v) is 4.57. The van der Waals surface area contributed by atoms with Crippen LogP contribution in [0.2, 0.25) is 0 Å². The van der Waals surface area contributed by atoms with E-state index in [1.807, 2.05) is 25.1 Å². The van der Waals surface area contributed by atoms with Gasteiger partial charge in [0.15, 0.2) is 0 Å².